The molecule has 22 heavy (non-hydrogen) atoms. The average Bonchev–Trinajstić information content (AvgIpc) is 2.97. The number of carbonyl (C=O) groups is 1. The van der Waals surface area contributed by atoms with Crippen molar-refractivity contribution in [3.8, 4) is 0 Å². The number of aliphatic hydroxyl groups is 1. The highest BCUT2D eigenvalue weighted by Gasteiger charge is 2.17. The number of pyridine rings is 1. The molecule has 1 amide bonds. The van der Waals surface area contributed by atoms with E-state index in [2.05, 4.69) is 15.2 Å². The van der Waals surface area contributed by atoms with Gasteiger partial charge in [0.25, 0.3) is 5.91 Å². The SMILES string of the molecule is CC(C)CC(O)CNC(=O)c1cc(Cl)nc(N2CCCC2)c1. The second kappa shape index (κ2) is 7.79. The van der Waals surface area contributed by atoms with Gasteiger partial charge in [0.1, 0.15) is 11.0 Å². The van der Waals surface area contributed by atoms with Crippen LogP contribution < -0.4 is 10.2 Å². The lowest BCUT2D eigenvalue weighted by Gasteiger charge is -2.18. The minimum Gasteiger partial charge on any atom is -0.391 e. The zero-order valence-corrected chi connectivity index (χ0v) is 13.9. The van der Waals surface area contributed by atoms with E-state index in [1.54, 1.807) is 12.1 Å². The Balaban J connectivity index is 1.99. The van der Waals surface area contributed by atoms with Crippen LogP contribution in [0.2, 0.25) is 5.15 Å². The highest BCUT2D eigenvalue weighted by molar-refractivity contribution is 6.29. The molecule has 1 atom stereocenters. The van der Waals surface area contributed by atoms with E-state index in [-0.39, 0.29) is 12.5 Å². The summed E-state index contributed by atoms with van der Waals surface area (Å²) >= 11 is 6.04. The summed E-state index contributed by atoms with van der Waals surface area (Å²) in [5.74, 6) is 0.912. The first kappa shape index (κ1) is 17.0. The van der Waals surface area contributed by atoms with E-state index in [1.165, 1.54) is 0 Å². The molecule has 2 heterocycles. The average molecular weight is 326 g/mol. The van der Waals surface area contributed by atoms with Crippen LogP contribution in [0.1, 0.15) is 43.5 Å². The molecule has 1 aliphatic rings. The van der Waals surface area contributed by atoms with Gasteiger partial charge in [-0.15, -0.1) is 0 Å². The Morgan fingerprint density at radius 2 is 2.09 bits per heavy atom. The van der Waals surface area contributed by atoms with Crippen LogP contribution in [-0.2, 0) is 0 Å². The highest BCUT2D eigenvalue weighted by atomic mass is 35.5. The zero-order valence-electron chi connectivity index (χ0n) is 13.2. The first-order valence-electron chi connectivity index (χ1n) is 7.84. The molecule has 5 nitrogen and oxygen atoms in total. The van der Waals surface area contributed by atoms with Crippen molar-refractivity contribution in [1.82, 2.24) is 10.3 Å². The molecule has 2 N–H and O–H groups in total. The molecular formula is C16H24ClN3O2. The minimum atomic E-state index is -0.528. The smallest absolute Gasteiger partial charge is 0.251 e. The third kappa shape index (κ3) is 4.85. The van der Waals surface area contributed by atoms with Crippen LogP contribution in [0.15, 0.2) is 12.1 Å². The number of aromatic nitrogens is 1. The largest absolute Gasteiger partial charge is 0.391 e. The van der Waals surface area contributed by atoms with Crippen molar-refractivity contribution in [1.29, 1.82) is 0 Å². The first-order chi connectivity index (χ1) is 10.5. The Morgan fingerprint density at radius 1 is 1.41 bits per heavy atom. The van der Waals surface area contributed by atoms with E-state index < -0.39 is 6.10 Å². The Morgan fingerprint density at radius 3 is 2.73 bits per heavy atom. The number of amides is 1. The maximum atomic E-state index is 12.2. The Bertz CT molecular complexity index is 516. The van der Waals surface area contributed by atoms with Gasteiger partial charge in [0, 0.05) is 25.2 Å². The minimum absolute atomic E-state index is 0.229. The molecule has 122 valence electrons. The van der Waals surface area contributed by atoms with Crippen LogP contribution in [0.25, 0.3) is 0 Å². The third-order valence-electron chi connectivity index (χ3n) is 3.71. The Kier molecular flexibility index (Phi) is 6.03. The van der Waals surface area contributed by atoms with Crippen LogP contribution in [0.5, 0.6) is 0 Å². The van der Waals surface area contributed by atoms with E-state index in [0.717, 1.165) is 31.7 Å². The van der Waals surface area contributed by atoms with Gasteiger partial charge >= 0.3 is 0 Å². The summed E-state index contributed by atoms with van der Waals surface area (Å²) in [5, 5.41) is 12.9. The van der Waals surface area contributed by atoms with E-state index in [0.29, 0.717) is 23.1 Å². The van der Waals surface area contributed by atoms with Gasteiger partial charge in [0.2, 0.25) is 0 Å². The van der Waals surface area contributed by atoms with E-state index in [9.17, 15) is 9.90 Å². The lowest BCUT2D eigenvalue weighted by atomic mass is 10.1. The van der Waals surface area contributed by atoms with Crippen molar-refractivity contribution >= 4 is 23.3 Å². The Labute approximate surface area is 136 Å². The van der Waals surface area contributed by atoms with E-state index >= 15 is 0 Å². The van der Waals surface area contributed by atoms with Gasteiger partial charge in [-0.1, -0.05) is 25.4 Å². The lowest BCUT2D eigenvalue weighted by Crippen LogP contribution is -2.33. The normalized spacial score (nSPS) is 16.1. The number of nitrogens with one attached hydrogen (secondary N) is 1. The summed E-state index contributed by atoms with van der Waals surface area (Å²) < 4.78 is 0. The summed E-state index contributed by atoms with van der Waals surface area (Å²) in [7, 11) is 0. The summed E-state index contributed by atoms with van der Waals surface area (Å²) in [6, 6.07) is 3.33. The van der Waals surface area contributed by atoms with Gasteiger partial charge in [-0.25, -0.2) is 4.98 Å². The molecule has 6 heteroatoms. The molecule has 0 aliphatic carbocycles. The molecule has 1 aliphatic heterocycles. The van der Waals surface area contributed by atoms with Crippen molar-refractivity contribution in [3.63, 3.8) is 0 Å². The molecule has 1 aromatic rings. The predicted octanol–water partition coefficient (Wildman–Crippen LogP) is 2.47. The fourth-order valence-electron chi connectivity index (χ4n) is 2.66. The molecule has 0 aromatic carbocycles. The van der Waals surface area contributed by atoms with Crippen LogP contribution >= 0.6 is 11.6 Å². The predicted molar refractivity (Wildman–Crippen MR) is 88.5 cm³/mol. The van der Waals surface area contributed by atoms with Gasteiger partial charge in [0.15, 0.2) is 0 Å². The molecule has 0 bridgehead atoms. The van der Waals surface area contributed by atoms with Crippen molar-refractivity contribution in [2.45, 2.75) is 39.2 Å². The number of anilines is 1. The topological polar surface area (TPSA) is 65.5 Å². The van der Waals surface area contributed by atoms with Crippen molar-refractivity contribution in [3.05, 3.63) is 22.8 Å². The van der Waals surface area contributed by atoms with Crippen LogP contribution in [-0.4, -0.2) is 41.7 Å². The van der Waals surface area contributed by atoms with Gasteiger partial charge in [-0.3, -0.25) is 4.79 Å². The standard InChI is InChI=1S/C16H24ClN3O2/c1-11(2)7-13(21)10-18-16(22)12-8-14(17)19-15(9-12)20-5-3-4-6-20/h8-9,11,13,21H,3-7,10H2,1-2H3,(H,18,22). The van der Waals surface area contributed by atoms with E-state index in [4.69, 9.17) is 11.6 Å². The van der Waals surface area contributed by atoms with Gasteiger partial charge in [0.05, 0.1) is 6.10 Å². The molecule has 0 spiro atoms. The fraction of sp³-hybridized carbons (Fsp3) is 0.625. The number of hydrogen-bond acceptors (Lipinski definition) is 4. The monoisotopic (exact) mass is 325 g/mol. The van der Waals surface area contributed by atoms with Gasteiger partial charge in [-0.05, 0) is 37.3 Å². The molecular weight excluding hydrogens is 302 g/mol. The summed E-state index contributed by atoms with van der Waals surface area (Å²) in [6.45, 7) is 6.21. The molecule has 2 rings (SSSR count). The summed E-state index contributed by atoms with van der Waals surface area (Å²) in [5.41, 5.74) is 0.485. The number of aliphatic hydroxyl groups excluding tert-OH is 1. The molecule has 1 saturated heterocycles. The van der Waals surface area contributed by atoms with Gasteiger partial charge < -0.3 is 15.3 Å². The zero-order chi connectivity index (χ0) is 16.1. The maximum Gasteiger partial charge on any atom is 0.251 e. The van der Waals surface area contributed by atoms with Crippen LogP contribution in [0.4, 0.5) is 5.82 Å². The van der Waals surface area contributed by atoms with Gasteiger partial charge in [-0.2, -0.15) is 0 Å². The van der Waals surface area contributed by atoms with Crippen molar-refractivity contribution in [2.24, 2.45) is 5.92 Å². The summed E-state index contributed by atoms with van der Waals surface area (Å²) in [6.07, 6.45) is 2.41. The molecule has 1 fully saturated rings. The molecule has 0 saturated carbocycles. The van der Waals surface area contributed by atoms with Crippen molar-refractivity contribution in [2.75, 3.05) is 24.5 Å². The lowest BCUT2D eigenvalue weighted by molar-refractivity contribution is 0.0900. The van der Waals surface area contributed by atoms with Crippen molar-refractivity contribution < 1.29 is 9.90 Å². The summed E-state index contributed by atoms with van der Waals surface area (Å²) in [4.78, 5) is 18.7. The molecule has 1 unspecified atom stereocenters. The second-order valence-electron chi connectivity index (χ2n) is 6.22. The number of carbonyl (C=O) groups excluding carboxylic acids is 1. The van der Waals surface area contributed by atoms with Crippen LogP contribution in [0.3, 0.4) is 0 Å². The maximum absolute atomic E-state index is 12.2. The highest BCUT2D eigenvalue weighted by Crippen LogP contribution is 2.22. The fourth-order valence-corrected chi connectivity index (χ4v) is 2.87. The third-order valence-corrected chi connectivity index (χ3v) is 3.91. The number of halogens is 1. The van der Waals surface area contributed by atoms with Crippen LogP contribution in [0, 0.1) is 5.92 Å². The number of rotatable bonds is 6. The van der Waals surface area contributed by atoms with E-state index in [1.807, 2.05) is 13.8 Å². The quantitative estimate of drug-likeness (QED) is 0.789. The molecule has 1 aromatic heterocycles. The molecule has 0 radical (unpaired) electrons. The number of hydrogen-bond donors (Lipinski definition) is 2. The Hall–Kier alpha value is -1.33. The first-order valence-corrected chi connectivity index (χ1v) is 8.22. The number of nitrogens with zero attached hydrogens (tertiary/aromatic N) is 2. The second-order valence-corrected chi connectivity index (χ2v) is 6.61.